The maximum absolute atomic E-state index is 6.32. The third kappa shape index (κ3) is 3.89. The molecule has 0 saturated carbocycles. The third-order valence-corrected chi connectivity index (χ3v) is 3.47. The second-order valence-electron chi connectivity index (χ2n) is 5.43. The van der Waals surface area contributed by atoms with Gasteiger partial charge in [0.25, 0.3) is 0 Å². The molecule has 0 spiro atoms. The molecule has 106 valence electrons. The molecular weight excluding hydrogens is 246 g/mol. The van der Waals surface area contributed by atoms with E-state index in [9.17, 15) is 0 Å². The van der Waals surface area contributed by atoms with Crippen molar-refractivity contribution in [3.63, 3.8) is 0 Å². The number of hydrogen-bond acceptors (Lipinski definition) is 3. The lowest BCUT2D eigenvalue weighted by atomic mass is 10.0. The maximum Gasteiger partial charge on any atom is 0.0547 e. The SMILES string of the molecule is Cc1cccc(CN(C)CC(N)c2ccccc2C)n1. The van der Waals surface area contributed by atoms with E-state index in [1.54, 1.807) is 0 Å². The summed E-state index contributed by atoms with van der Waals surface area (Å²) < 4.78 is 0. The molecule has 0 bridgehead atoms. The number of aryl methyl sites for hydroxylation is 2. The second kappa shape index (κ2) is 6.64. The van der Waals surface area contributed by atoms with Crippen molar-refractivity contribution in [1.82, 2.24) is 9.88 Å². The van der Waals surface area contributed by atoms with E-state index in [0.717, 1.165) is 24.5 Å². The Balaban J connectivity index is 1.98. The van der Waals surface area contributed by atoms with Crippen molar-refractivity contribution in [2.45, 2.75) is 26.4 Å². The zero-order valence-electron chi connectivity index (χ0n) is 12.5. The molecular formula is C17H23N3. The van der Waals surface area contributed by atoms with Gasteiger partial charge in [-0.05, 0) is 44.2 Å². The van der Waals surface area contributed by atoms with E-state index < -0.39 is 0 Å². The van der Waals surface area contributed by atoms with Crippen LogP contribution in [0.4, 0.5) is 0 Å². The Bertz CT molecular complexity index is 566. The molecule has 1 aromatic heterocycles. The molecule has 0 aliphatic rings. The van der Waals surface area contributed by atoms with Gasteiger partial charge < -0.3 is 5.73 Å². The first-order valence-electron chi connectivity index (χ1n) is 6.98. The van der Waals surface area contributed by atoms with Gasteiger partial charge in [0.2, 0.25) is 0 Å². The van der Waals surface area contributed by atoms with Crippen LogP contribution >= 0.6 is 0 Å². The zero-order chi connectivity index (χ0) is 14.5. The van der Waals surface area contributed by atoms with E-state index >= 15 is 0 Å². The summed E-state index contributed by atoms with van der Waals surface area (Å²) in [6, 6.07) is 14.5. The van der Waals surface area contributed by atoms with Crippen LogP contribution in [0.1, 0.15) is 28.6 Å². The van der Waals surface area contributed by atoms with Crippen molar-refractivity contribution in [2.24, 2.45) is 5.73 Å². The van der Waals surface area contributed by atoms with Gasteiger partial charge in [-0.15, -0.1) is 0 Å². The van der Waals surface area contributed by atoms with E-state index in [4.69, 9.17) is 5.73 Å². The standard InChI is InChI=1S/C17H23N3/c1-13-7-4-5-10-16(13)17(18)12-20(3)11-15-9-6-8-14(2)19-15/h4-10,17H,11-12,18H2,1-3H3. The first kappa shape index (κ1) is 14.7. The van der Waals surface area contributed by atoms with Crippen molar-refractivity contribution >= 4 is 0 Å². The third-order valence-electron chi connectivity index (χ3n) is 3.47. The van der Waals surface area contributed by atoms with Crippen LogP contribution in [0.25, 0.3) is 0 Å². The van der Waals surface area contributed by atoms with Gasteiger partial charge in [0, 0.05) is 24.8 Å². The average Bonchev–Trinajstić information content (AvgIpc) is 2.38. The fourth-order valence-electron chi connectivity index (χ4n) is 2.47. The zero-order valence-corrected chi connectivity index (χ0v) is 12.5. The van der Waals surface area contributed by atoms with Crippen molar-refractivity contribution < 1.29 is 0 Å². The van der Waals surface area contributed by atoms with Crippen LogP contribution in [0.5, 0.6) is 0 Å². The Labute approximate surface area is 121 Å². The Kier molecular flexibility index (Phi) is 4.88. The van der Waals surface area contributed by atoms with E-state index in [0.29, 0.717) is 0 Å². The second-order valence-corrected chi connectivity index (χ2v) is 5.43. The van der Waals surface area contributed by atoms with Crippen LogP contribution in [-0.4, -0.2) is 23.5 Å². The Hall–Kier alpha value is -1.71. The minimum Gasteiger partial charge on any atom is -0.323 e. The normalized spacial score (nSPS) is 12.7. The molecule has 1 heterocycles. The van der Waals surface area contributed by atoms with Crippen LogP contribution in [0, 0.1) is 13.8 Å². The topological polar surface area (TPSA) is 42.1 Å². The van der Waals surface area contributed by atoms with Crippen LogP contribution in [0.2, 0.25) is 0 Å². The quantitative estimate of drug-likeness (QED) is 0.907. The first-order chi connectivity index (χ1) is 9.56. The van der Waals surface area contributed by atoms with Gasteiger partial charge in [-0.1, -0.05) is 30.3 Å². The predicted octanol–water partition coefficient (Wildman–Crippen LogP) is 2.83. The summed E-state index contributed by atoms with van der Waals surface area (Å²) in [4.78, 5) is 6.75. The number of aromatic nitrogens is 1. The lowest BCUT2D eigenvalue weighted by Crippen LogP contribution is -2.29. The summed E-state index contributed by atoms with van der Waals surface area (Å²) in [6.07, 6.45) is 0. The number of benzene rings is 1. The lowest BCUT2D eigenvalue weighted by Gasteiger charge is -2.22. The molecule has 0 saturated heterocycles. The molecule has 1 unspecified atom stereocenters. The first-order valence-corrected chi connectivity index (χ1v) is 6.98. The molecule has 0 amide bonds. The highest BCUT2D eigenvalue weighted by atomic mass is 15.1. The van der Waals surface area contributed by atoms with Gasteiger partial charge in [-0.2, -0.15) is 0 Å². The molecule has 0 radical (unpaired) electrons. The highest BCUT2D eigenvalue weighted by Crippen LogP contribution is 2.16. The minimum atomic E-state index is 0.0333. The summed E-state index contributed by atoms with van der Waals surface area (Å²) in [6.45, 7) is 5.77. The maximum atomic E-state index is 6.32. The molecule has 0 aliphatic carbocycles. The monoisotopic (exact) mass is 269 g/mol. The van der Waals surface area contributed by atoms with E-state index in [1.165, 1.54) is 11.1 Å². The van der Waals surface area contributed by atoms with E-state index in [1.807, 2.05) is 31.2 Å². The van der Waals surface area contributed by atoms with Gasteiger partial charge >= 0.3 is 0 Å². The van der Waals surface area contributed by atoms with Gasteiger partial charge in [-0.3, -0.25) is 9.88 Å². The average molecular weight is 269 g/mol. The molecule has 2 rings (SSSR count). The number of hydrogen-bond donors (Lipinski definition) is 1. The van der Waals surface area contributed by atoms with Crippen molar-refractivity contribution in [3.8, 4) is 0 Å². The summed E-state index contributed by atoms with van der Waals surface area (Å²) in [7, 11) is 2.09. The van der Waals surface area contributed by atoms with Gasteiger partial charge in [0.1, 0.15) is 0 Å². The molecule has 3 heteroatoms. The minimum absolute atomic E-state index is 0.0333. The van der Waals surface area contributed by atoms with Crippen molar-refractivity contribution in [1.29, 1.82) is 0 Å². The fraction of sp³-hybridized carbons (Fsp3) is 0.353. The molecule has 1 atom stereocenters. The highest BCUT2D eigenvalue weighted by Gasteiger charge is 2.11. The van der Waals surface area contributed by atoms with Gasteiger partial charge in [0.05, 0.1) is 5.69 Å². The molecule has 2 N–H and O–H groups in total. The number of nitrogens with zero attached hydrogens (tertiary/aromatic N) is 2. The summed E-state index contributed by atoms with van der Waals surface area (Å²) >= 11 is 0. The molecule has 2 aromatic rings. The molecule has 0 aliphatic heterocycles. The Morgan fingerprint density at radius 1 is 1.10 bits per heavy atom. The van der Waals surface area contributed by atoms with E-state index in [2.05, 4.69) is 42.1 Å². The Morgan fingerprint density at radius 2 is 1.85 bits per heavy atom. The summed E-state index contributed by atoms with van der Waals surface area (Å²) in [5.41, 5.74) is 10.9. The fourth-order valence-corrected chi connectivity index (χ4v) is 2.47. The number of likely N-dealkylation sites (N-methyl/N-ethyl adjacent to an activating group) is 1. The smallest absolute Gasteiger partial charge is 0.0547 e. The number of rotatable bonds is 5. The predicted molar refractivity (Wildman–Crippen MR) is 83.4 cm³/mol. The number of nitrogens with two attached hydrogens (primary N) is 1. The molecule has 3 nitrogen and oxygen atoms in total. The van der Waals surface area contributed by atoms with Gasteiger partial charge in [-0.25, -0.2) is 0 Å². The van der Waals surface area contributed by atoms with Crippen LogP contribution < -0.4 is 5.73 Å². The molecule has 0 fully saturated rings. The van der Waals surface area contributed by atoms with E-state index in [-0.39, 0.29) is 6.04 Å². The molecule has 20 heavy (non-hydrogen) atoms. The van der Waals surface area contributed by atoms with Crippen molar-refractivity contribution in [3.05, 3.63) is 65.0 Å². The summed E-state index contributed by atoms with van der Waals surface area (Å²) in [5, 5.41) is 0. The van der Waals surface area contributed by atoms with Crippen LogP contribution in [0.15, 0.2) is 42.5 Å². The largest absolute Gasteiger partial charge is 0.323 e. The van der Waals surface area contributed by atoms with Gasteiger partial charge in [0.15, 0.2) is 0 Å². The summed E-state index contributed by atoms with van der Waals surface area (Å²) in [5.74, 6) is 0. The highest BCUT2D eigenvalue weighted by molar-refractivity contribution is 5.28. The molecule has 1 aromatic carbocycles. The Morgan fingerprint density at radius 3 is 2.55 bits per heavy atom. The lowest BCUT2D eigenvalue weighted by molar-refractivity contribution is 0.301. The van der Waals surface area contributed by atoms with Crippen LogP contribution in [0.3, 0.4) is 0 Å². The van der Waals surface area contributed by atoms with Crippen molar-refractivity contribution in [2.75, 3.05) is 13.6 Å². The number of pyridine rings is 1. The van der Waals surface area contributed by atoms with Crippen LogP contribution in [-0.2, 0) is 6.54 Å².